The summed E-state index contributed by atoms with van der Waals surface area (Å²) in [7, 11) is 3.16. The number of aromatic nitrogens is 3. The second kappa shape index (κ2) is 9.12. The van der Waals surface area contributed by atoms with Crippen LogP contribution in [0.25, 0.3) is 0 Å². The molecule has 7 nitrogen and oxygen atoms in total. The first-order valence-electron chi connectivity index (χ1n) is 9.24. The van der Waals surface area contributed by atoms with Crippen LogP contribution in [0.5, 0.6) is 11.5 Å². The monoisotopic (exact) mass is 390 g/mol. The Bertz CT molecular complexity index is 787. The molecule has 1 fully saturated rings. The highest BCUT2D eigenvalue weighted by atomic mass is 32.2. The summed E-state index contributed by atoms with van der Waals surface area (Å²) < 4.78 is 12.7. The molecule has 146 valence electrons. The van der Waals surface area contributed by atoms with Crippen LogP contribution in [0.4, 0.5) is 5.69 Å². The van der Waals surface area contributed by atoms with E-state index in [0.29, 0.717) is 23.1 Å². The fourth-order valence-electron chi connectivity index (χ4n) is 3.42. The summed E-state index contributed by atoms with van der Waals surface area (Å²) >= 11 is 1.41. The Labute approximate surface area is 163 Å². The zero-order valence-electron chi connectivity index (χ0n) is 16.0. The Morgan fingerprint density at radius 2 is 2.04 bits per heavy atom. The molecule has 1 heterocycles. The summed E-state index contributed by atoms with van der Waals surface area (Å²) in [5.41, 5.74) is 0.589. The second-order valence-electron chi connectivity index (χ2n) is 6.47. The number of nitrogens with zero attached hydrogens (tertiary/aromatic N) is 3. The molecule has 1 aromatic carbocycles. The molecule has 0 bridgehead atoms. The van der Waals surface area contributed by atoms with Gasteiger partial charge in [-0.05, 0) is 31.9 Å². The van der Waals surface area contributed by atoms with E-state index in [0.717, 1.165) is 17.5 Å². The number of hydrogen-bond donors (Lipinski definition) is 1. The van der Waals surface area contributed by atoms with E-state index in [2.05, 4.69) is 27.0 Å². The Kier molecular flexibility index (Phi) is 6.60. The van der Waals surface area contributed by atoms with Crippen LogP contribution in [-0.2, 0) is 11.3 Å². The quantitative estimate of drug-likeness (QED) is 0.693. The highest BCUT2D eigenvalue weighted by molar-refractivity contribution is 7.99. The van der Waals surface area contributed by atoms with E-state index in [9.17, 15) is 4.79 Å². The van der Waals surface area contributed by atoms with Crippen molar-refractivity contribution in [3.63, 3.8) is 0 Å². The fraction of sp³-hybridized carbons (Fsp3) is 0.526. The van der Waals surface area contributed by atoms with Crippen LogP contribution < -0.4 is 14.8 Å². The average Bonchev–Trinajstić information content (AvgIpc) is 3.35. The summed E-state index contributed by atoms with van der Waals surface area (Å²) in [5, 5.41) is 12.4. The molecule has 3 rings (SSSR count). The molecule has 2 aromatic rings. The van der Waals surface area contributed by atoms with Crippen molar-refractivity contribution < 1.29 is 14.3 Å². The van der Waals surface area contributed by atoms with Crippen molar-refractivity contribution >= 4 is 23.4 Å². The van der Waals surface area contributed by atoms with E-state index in [-0.39, 0.29) is 11.7 Å². The first-order chi connectivity index (χ1) is 13.2. The molecule has 1 amide bonds. The second-order valence-corrected chi connectivity index (χ2v) is 7.41. The van der Waals surface area contributed by atoms with Gasteiger partial charge in [-0.1, -0.05) is 24.6 Å². The van der Waals surface area contributed by atoms with Crippen molar-refractivity contribution in [1.82, 2.24) is 14.8 Å². The van der Waals surface area contributed by atoms with Gasteiger partial charge >= 0.3 is 0 Å². The van der Waals surface area contributed by atoms with Gasteiger partial charge in [0.1, 0.15) is 17.3 Å². The minimum Gasteiger partial charge on any atom is -0.497 e. The van der Waals surface area contributed by atoms with Gasteiger partial charge in [0.25, 0.3) is 0 Å². The van der Waals surface area contributed by atoms with E-state index in [4.69, 9.17) is 9.47 Å². The molecule has 0 unspecified atom stereocenters. The Balaban J connectivity index is 1.64. The van der Waals surface area contributed by atoms with Gasteiger partial charge in [-0.2, -0.15) is 0 Å². The Hall–Kier alpha value is -2.22. The van der Waals surface area contributed by atoms with E-state index in [1.807, 2.05) is 0 Å². The summed E-state index contributed by atoms with van der Waals surface area (Å²) in [6.07, 6.45) is 4.88. The maximum absolute atomic E-state index is 12.4. The third-order valence-corrected chi connectivity index (χ3v) is 5.76. The van der Waals surface area contributed by atoms with E-state index in [1.165, 1.54) is 37.4 Å². The van der Waals surface area contributed by atoms with Gasteiger partial charge in [-0.15, -0.1) is 10.2 Å². The molecule has 1 saturated carbocycles. The van der Waals surface area contributed by atoms with Crippen molar-refractivity contribution in [1.29, 1.82) is 0 Å². The summed E-state index contributed by atoms with van der Waals surface area (Å²) in [4.78, 5) is 12.4. The summed E-state index contributed by atoms with van der Waals surface area (Å²) in [5.74, 6) is 2.94. The molecular weight excluding hydrogens is 364 g/mol. The number of amides is 1. The van der Waals surface area contributed by atoms with Crippen LogP contribution in [0.3, 0.4) is 0 Å². The number of carbonyl (C=O) groups excluding carboxylic acids is 1. The zero-order valence-corrected chi connectivity index (χ0v) is 16.8. The van der Waals surface area contributed by atoms with Crippen LogP contribution in [0.2, 0.25) is 0 Å². The van der Waals surface area contributed by atoms with Crippen LogP contribution in [-0.4, -0.2) is 40.6 Å². The molecule has 0 radical (unpaired) electrons. The van der Waals surface area contributed by atoms with Gasteiger partial charge in [-0.25, -0.2) is 0 Å². The van der Waals surface area contributed by atoms with Gasteiger partial charge in [0.2, 0.25) is 5.91 Å². The average molecular weight is 391 g/mol. The Morgan fingerprint density at radius 3 is 2.70 bits per heavy atom. The standard InChI is InChI=1S/C19H26N4O3S/c1-4-23-18(13-7-5-6-8-13)21-22-19(23)27-12-17(24)20-15-11-14(25-2)9-10-16(15)26-3/h9-11,13H,4-8,12H2,1-3H3,(H,20,24). The van der Waals surface area contributed by atoms with Gasteiger partial charge in [0.05, 0.1) is 25.7 Å². The molecule has 27 heavy (non-hydrogen) atoms. The molecule has 1 aliphatic rings. The van der Waals surface area contributed by atoms with Crippen LogP contribution in [0.15, 0.2) is 23.4 Å². The topological polar surface area (TPSA) is 78.3 Å². The summed E-state index contributed by atoms with van der Waals surface area (Å²) in [6, 6.07) is 5.30. The van der Waals surface area contributed by atoms with Crippen LogP contribution in [0, 0.1) is 0 Å². The number of thioether (sulfide) groups is 1. The SMILES string of the molecule is CCn1c(SCC(=O)Nc2cc(OC)ccc2OC)nnc1C1CCCC1. The lowest BCUT2D eigenvalue weighted by Gasteiger charge is -2.13. The maximum atomic E-state index is 12.4. The molecular formula is C19H26N4O3S. The lowest BCUT2D eigenvalue weighted by atomic mass is 10.1. The predicted octanol–water partition coefficient (Wildman–Crippen LogP) is 3.70. The van der Waals surface area contributed by atoms with Crippen molar-refractivity contribution in [3.05, 3.63) is 24.0 Å². The normalized spacial score (nSPS) is 14.3. The number of rotatable bonds is 8. The number of ether oxygens (including phenoxy) is 2. The zero-order chi connectivity index (χ0) is 19.2. The van der Waals surface area contributed by atoms with E-state index in [1.54, 1.807) is 32.4 Å². The molecule has 1 aromatic heterocycles. The lowest BCUT2D eigenvalue weighted by molar-refractivity contribution is -0.113. The number of hydrogen-bond acceptors (Lipinski definition) is 6. The molecule has 1 aliphatic carbocycles. The van der Waals surface area contributed by atoms with Gasteiger partial charge in [0.15, 0.2) is 5.16 Å². The molecule has 0 atom stereocenters. The minimum absolute atomic E-state index is 0.125. The van der Waals surface area contributed by atoms with E-state index < -0.39 is 0 Å². The van der Waals surface area contributed by atoms with E-state index >= 15 is 0 Å². The maximum Gasteiger partial charge on any atom is 0.234 e. The highest BCUT2D eigenvalue weighted by Gasteiger charge is 2.24. The van der Waals surface area contributed by atoms with Crippen molar-refractivity contribution in [2.75, 3.05) is 25.3 Å². The van der Waals surface area contributed by atoms with Gasteiger partial charge < -0.3 is 19.4 Å². The first kappa shape index (κ1) is 19.5. The summed E-state index contributed by atoms with van der Waals surface area (Å²) in [6.45, 7) is 2.90. The number of methoxy groups -OCH3 is 2. The van der Waals surface area contributed by atoms with Crippen LogP contribution >= 0.6 is 11.8 Å². The van der Waals surface area contributed by atoms with Gasteiger partial charge in [0, 0.05) is 18.5 Å². The predicted molar refractivity (Wildman–Crippen MR) is 106 cm³/mol. The third kappa shape index (κ3) is 4.55. The number of benzene rings is 1. The molecule has 0 spiro atoms. The largest absolute Gasteiger partial charge is 0.497 e. The van der Waals surface area contributed by atoms with Crippen LogP contribution in [0.1, 0.15) is 44.3 Å². The Morgan fingerprint density at radius 1 is 1.26 bits per heavy atom. The molecule has 0 aliphatic heterocycles. The fourth-order valence-corrected chi connectivity index (χ4v) is 4.23. The third-order valence-electron chi connectivity index (χ3n) is 4.80. The van der Waals surface area contributed by atoms with Crippen molar-refractivity contribution in [2.45, 2.75) is 50.2 Å². The number of anilines is 1. The highest BCUT2D eigenvalue weighted by Crippen LogP contribution is 2.34. The molecule has 1 N–H and O–H groups in total. The number of nitrogens with one attached hydrogen (secondary N) is 1. The van der Waals surface area contributed by atoms with Gasteiger partial charge in [-0.3, -0.25) is 4.79 Å². The van der Waals surface area contributed by atoms with Crippen molar-refractivity contribution in [3.8, 4) is 11.5 Å². The first-order valence-corrected chi connectivity index (χ1v) is 10.2. The number of carbonyl (C=O) groups is 1. The minimum atomic E-state index is -0.125. The lowest BCUT2D eigenvalue weighted by Crippen LogP contribution is -2.15. The smallest absolute Gasteiger partial charge is 0.234 e. The molecule has 8 heteroatoms. The molecule has 0 saturated heterocycles. The van der Waals surface area contributed by atoms with Crippen molar-refractivity contribution in [2.24, 2.45) is 0 Å².